The summed E-state index contributed by atoms with van der Waals surface area (Å²) in [4.78, 5) is 26.3. The first-order valence-electron chi connectivity index (χ1n) is 7.92. The number of para-hydroxylation sites is 1. The van der Waals surface area contributed by atoms with Gasteiger partial charge in [-0.2, -0.15) is 0 Å². The minimum absolute atomic E-state index is 0.0179. The Labute approximate surface area is 135 Å². The van der Waals surface area contributed by atoms with Gasteiger partial charge in [-0.3, -0.25) is 9.59 Å². The monoisotopic (exact) mass is 315 g/mol. The number of amides is 2. The highest BCUT2D eigenvalue weighted by atomic mass is 16.5. The number of nitrogens with zero attached hydrogens (tertiary/aromatic N) is 2. The first-order chi connectivity index (χ1) is 11.2. The largest absolute Gasteiger partial charge is 0.378 e. The Bertz CT molecular complexity index is 717. The second-order valence-corrected chi connectivity index (χ2v) is 5.51. The van der Waals surface area contributed by atoms with Crippen molar-refractivity contribution >= 4 is 22.7 Å². The summed E-state index contributed by atoms with van der Waals surface area (Å²) in [7, 11) is 0. The van der Waals surface area contributed by atoms with E-state index < -0.39 is 0 Å². The zero-order valence-corrected chi connectivity index (χ0v) is 13.2. The Kier molecular flexibility index (Phi) is 4.62. The molecule has 0 bridgehead atoms. The van der Waals surface area contributed by atoms with Gasteiger partial charge in [0.15, 0.2) is 0 Å². The SMILES string of the molecule is CCn1c(C(=O)NCC(=O)N2CCOCC2)cc2ccccc21. The third-order valence-electron chi connectivity index (χ3n) is 4.12. The van der Waals surface area contributed by atoms with Gasteiger partial charge in [-0.15, -0.1) is 0 Å². The van der Waals surface area contributed by atoms with Gasteiger partial charge in [0.2, 0.25) is 5.91 Å². The molecule has 1 aliphatic rings. The first kappa shape index (κ1) is 15.6. The highest BCUT2D eigenvalue weighted by Crippen LogP contribution is 2.19. The fourth-order valence-corrected chi connectivity index (χ4v) is 2.91. The van der Waals surface area contributed by atoms with E-state index in [4.69, 9.17) is 4.74 Å². The Morgan fingerprint density at radius 2 is 1.96 bits per heavy atom. The maximum atomic E-state index is 12.5. The smallest absolute Gasteiger partial charge is 0.268 e. The van der Waals surface area contributed by atoms with Gasteiger partial charge in [0, 0.05) is 30.5 Å². The van der Waals surface area contributed by atoms with E-state index in [1.165, 1.54) is 0 Å². The molecule has 0 unspecified atom stereocenters. The van der Waals surface area contributed by atoms with Crippen LogP contribution in [0.5, 0.6) is 0 Å². The van der Waals surface area contributed by atoms with Gasteiger partial charge in [0.1, 0.15) is 5.69 Å². The maximum Gasteiger partial charge on any atom is 0.268 e. The van der Waals surface area contributed by atoms with Crippen LogP contribution in [0.4, 0.5) is 0 Å². The lowest BCUT2D eigenvalue weighted by Crippen LogP contribution is -2.45. The Balaban J connectivity index is 1.69. The van der Waals surface area contributed by atoms with Gasteiger partial charge in [-0.1, -0.05) is 18.2 Å². The molecule has 0 atom stereocenters. The molecule has 6 heteroatoms. The van der Waals surface area contributed by atoms with Crippen molar-refractivity contribution in [3.05, 3.63) is 36.0 Å². The second kappa shape index (κ2) is 6.83. The van der Waals surface area contributed by atoms with E-state index in [2.05, 4.69) is 5.32 Å². The summed E-state index contributed by atoms with van der Waals surface area (Å²) in [5, 5.41) is 3.77. The molecule has 2 aromatic rings. The molecule has 1 aliphatic heterocycles. The van der Waals surface area contributed by atoms with E-state index in [1.807, 2.05) is 41.8 Å². The minimum atomic E-state index is -0.218. The number of aromatic nitrogens is 1. The number of carbonyl (C=O) groups excluding carboxylic acids is 2. The maximum absolute atomic E-state index is 12.5. The molecule has 2 amide bonds. The Morgan fingerprint density at radius 3 is 2.70 bits per heavy atom. The van der Waals surface area contributed by atoms with Gasteiger partial charge >= 0.3 is 0 Å². The van der Waals surface area contributed by atoms with Gasteiger partial charge in [0.05, 0.1) is 19.8 Å². The molecule has 1 fully saturated rings. The van der Waals surface area contributed by atoms with Crippen molar-refractivity contribution in [2.75, 3.05) is 32.8 Å². The predicted octanol–water partition coefficient (Wildman–Crippen LogP) is 1.25. The van der Waals surface area contributed by atoms with Crippen LogP contribution in [0.25, 0.3) is 10.9 Å². The van der Waals surface area contributed by atoms with Gasteiger partial charge in [-0.05, 0) is 19.1 Å². The molecule has 0 spiro atoms. The summed E-state index contributed by atoms with van der Waals surface area (Å²) in [5.74, 6) is -0.287. The van der Waals surface area contributed by atoms with Crippen LogP contribution in [-0.4, -0.2) is 54.1 Å². The van der Waals surface area contributed by atoms with Crippen molar-refractivity contribution in [2.24, 2.45) is 0 Å². The van der Waals surface area contributed by atoms with Crippen LogP contribution < -0.4 is 5.32 Å². The topological polar surface area (TPSA) is 63.6 Å². The normalized spacial score (nSPS) is 14.9. The van der Waals surface area contributed by atoms with E-state index in [-0.39, 0.29) is 18.4 Å². The second-order valence-electron chi connectivity index (χ2n) is 5.51. The van der Waals surface area contributed by atoms with E-state index in [9.17, 15) is 9.59 Å². The molecule has 0 saturated carbocycles. The third-order valence-corrected chi connectivity index (χ3v) is 4.12. The van der Waals surface area contributed by atoms with Crippen LogP contribution >= 0.6 is 0 Å². The molecule has 6 nitrogen and oxygen atoms in total. The fourth-order valence-electron chi connectivity index (χ4n) is 2.91. The highest BCUT2D eigenvalue weighted by molar-refractivity contribution is 6.00. The molecule has 1 N–H and O–H groups in total. The number of aryl methyl sites for hydroxylation is 1. The Morgan fingerprint density at radius 1 is 1.22 bits per heavy atom. The summed E-state index contributed by atoms with van der Waals surface area (Å²) >= 11 is 0. The molecule has 122 valence electrons. The van der Waals surface area contributed by atoms with Gasteiger partial charge < -0.3 is 19.5 Å². The van der Waals surface area contributed by atoms with E-state index >= 15 is 0 Å². The zero-order chi connectivity index (χ0) is 16.2. The number of hydrogen-bond acceptors (Lipinski definition) is 3. The van der Waals surface area contributed by atoms with Crippen LogP contribution in [0.3, 0.4) is 0 Å². The van der Waals surface area contributed by atoms with Crippen LogP contribution in [0.15, 0.2) is 30.3 Å². The highest BCUT2D eigenvalue weighted by Gasteiger charge is 2.19. The average Bonchev–Trinajstić information content (AvgIpc) is 2.98. The number of morpholine rings is 1. The first-order valence-corrected chi connectivity index (χ1v) is 7.92. The quantitative estimate of drug-likeness (QED) is 0.923. The van der Waals surface area contributed by atoms with E-state index in [0.29, 0.717) is 38.5 Å². The lowest BCUT2D eigenvalue weighted by Gasteiger charge is -2.26. The Hall–Kier alpha value is -2.34. The van der Waals surface area contributed by atoms with Crippen molar-refractivity contribution < 1.29 is 14.3 Å². The summed E-state index contributed by atoms with van der Waals surface area (Å²) < 4.78 is 7.19. The third kappa shape index (κ3) is 3.22. The molecular weight excluding hydrogens is 294 g/mol. The number of rotatable bonds is 4. The summed E-state index contributed by atoms with van der Waals surface area (Å²) in [6.07, 6.45) is 0. The molecule has 23 heavy (non-hydrogen) atoms. The van der Waals surface area contributed by atoms with E-state index in [1.54, 1.807) is 4.90 Å². The minimum Gasteiger partial charge on any atom is -0.378 e. The van der Waals surface area contributed by atoms with Gasteiger partial charge in [-0.25, -0.2) is 0 Å². The molecular formula is C17H21N3O3. The van der Waals surface area contributed by atoms with Crippen LogP contribution in [0, 0.1) is 0 Å². The number of hydrogen-bond donors (Lipinski definition) is 1. The van der Waals surface area contributed by atoms with Crippen molar-refractivity contribution in [1.82, 2.24) is 14.8 Å². The van der Waals surface area contributed by atoms with Crippen molar-refractivity contribution in [1.29, 1.82) is 0 Å². The number of carbonyl (C=O) groups is 2. The molecule has 3 rings (SSSR count). The average molecular weight is 315 g/mol. The van der Waals surface area contributed by atoms with E-state index in [0.717, 1.165) is 10.9 Å². The van der Waals surface area contributed by atoms with Crippen molar-refractivity contribution in [3.63, 3.8) is 0 Å². The lowest BCUT2D eigenvalue weighted by atomic mass is 10.2. The number of ether oxygens (including phenoxy) is 1. The fraction of sp³-hybridized carbons (Fsp3) is 0.412. The molecule has 1 aromatic heterocycles. The van der Waals surface area contributed by atoms with Crippen molar-refractivity contribution in [2.45, 2.75) is 13.5 Å². The molecule has 1 saturated heterocycles. The van der Waals surface area contributed by atoms with Crippen molar-refractivity contribution in [3.8, 4) is 0 Å². The lowest BCUT2D eigenvalue weighted by molar-refractivity contribution is -0.134. The number of nitrogens with one attached hydrogen (secondary N) is 1. The molecule has 0 aliphatic carbocycles. The van der Waals surface area contributed by atoms with Crippen LogP contribution in [0.2, 0.25) is 0 Å². The standard InChI is InChI=1S/C17H21N3O3/c1-2-20-14-6-4-3-5-13(14)11-15(20)17(22)18-12-16(21)19-7-9-23-10-8-19/h3-6,11H,2,7-10,12H2,1H3,(H,18,22). The number of fused-ring (bicyclic) bond motifs is 1. The summed E-state index contributed by atoms with van der Waals surface area (Å²) in [6, 6.07) is 9.75. The molecule has 1 aromatic carbocycles. The summed E-state index contributed by atoms with van der Waals surface area (Å²) in [5.41, 5.74) is 1.61. The predicted molar refractivity (Wildman–Crippen MR) is 87.3 cm³/mol. The summed E-state index contributed by atoms with van der Waals surface area (Å²) in [6.45, 7) is 5.02. The van der Waals surface area contributed by atoms with Crippen LogP contribution in [-0.2, 0) is 16.1 Å². The molecule has 0 radical (unpaired) electrons. The number of benzene rings is 1. The zero-order valence-electron chi connectivity index (χ0n) is 13.2. The molecule has 2 heterocycles. The van der Waals surface area contributed by atoms with Gasteiger partial charge in [0.25, 0.3) is 5.91 Å². The van der Waals surface area contributed by atoms with Crippen LogP contribution in [0.1, 0.15) is 17.4 Å².